The number of fused-ring (bicyclic) bond motifs is 1. The van der Waals surface area contributed by atoms with Gasteiger partial charge in [-0.05, 0) is 67.1 Å². The van der Waals surface area contributed by atoms with Crippen LogP contribution in [-0.4, -0.2) is 52.3 Å². The van der Waals surface area contributed by atoms with E-state index in [1.807, 2.05) is 92.0 Å². The predicted molar refractivity (Wildman–Crippen MR) is 171 cm³/mol. The molecule has 11 heteroatoms. The number of methoxy groups -OCH3 is 3. The highest BCUT2D eigenvalue weighted by atomic mass is 32.1. The Morgan fingerprint density at radius 1 is 0.841 bits per heavy atom. The molecule has 6 aromatic rings. The number of ether oxygens (including phenoxy) is 4. The molecular formula is C33H29N5O5S. The van der Waals surface area contributed by atoms with E-state index < -0.39 is 0 Å². The molecule has 3 aromatic heterocycles. The highest BCUT2D eigenvalue weighted by Gasteiger charge is 2.16. The molecule has 10 nitrogen and oxygen atoms in total. The Hall–Kier alpha value is -5.42. The summed E-state index contributed by atoms with van der Waals surface area (Å²) in [6, 6.07) is 21.0. The molecule has 0 saturated heterocycles. The summed E-state index contributed by atoms with van der Waals surface area (Å²) in [7, 11) is 4.79. The molecule has 0 atom stereocenters. The first-order chi connectivity index (χ1) is 21.5. The average Bonchev–Trinajstić information content (AvgIpc) is 3.75. The zero-order chi connectivity index (χ0) is 30.6. The first kappa shape index (κ1) is 28.7. The van der Waals surface area contributed by atoms with E-state index in [2.05, 4.69) is 10.1 Å². The Balaban J connectivity index is 1.37. The summed E-state index contributed by atoms with van der Waals surface area (Å²) >= 11 is 1.27. The van der Waals surface area contributed by atoms with E-state index in [4.69, 9.17) is 24.0 Å². The molecule has 0 N–H and O–H groups in total. The fourth-order valence-electron chi connectivity index (χ4n) is 4.71. The monoisotopic (exact) mass is 607 g/mol. The van der Waals surface area contributed by atoms with Gasteiger partial charge in [0.05, 0.1) is 38.2 Å². The minimum Gasteiger partial charge on any atom is -0.493 e. The van der Waals surface area contributed by atoms with Crippen LogP contribution in [0.2, 0.25) is 0 Å². The van der Waals surface area contributed by atoms with E-state index in [9.17, 15) is 4.79 Å². The number of rotatable bonds is 10. The molecule has 0 unspecified atom stereocenters. The van der Waals surface area contributed by atoms with Crippen LogP contribution in [0, 0.1) is 0 Å². The molecule has 0 aliphatic carbocycles. The van der Waals surface area contributed by atoms with Crippen molar-refractivity contribution in [3.05, 3.63) is 105 Å². The molecule has 222 valence electrons. The predicted octanol–water partition coefficient (Wildman–Crippen LogP) is 5.15. The van der Waals surface area contributed by atoms with Crippen molar-refractivity contribution in [3.63, 3.8) is 0 Å². The SMILES string of the molecule is CCOc1ccc(/C=C/c2nc3s/c(=C\c4cn(-c5ccccc5)nc4-c4ccc(OC)c(OC)c4)c(=O)n3n2)cc1OC. The molecular weight excluding hydrogens is 578 g/mol. The Kier molecular flexibility index (Phi) is 8.11. The Bertz CT molecular complexity index is 2080. The van der Waals surface area contributed by atoms with Crippen LogP contribution in [0.5, 0.6) is 23.0 Å². The Morgan fingerprint density at radius 3 is 2.32 bits per heavy atom. The minimum absolute atomic E-state index is 0.259. The summed E-state index contributed by atoms with van der Waals surface area (Å²) in [6.45, 7) is 2.47. The van der Waals surface area contributed by atoms with Crippen molar-refractivity contribution in [1.82, 2.24) is 24.4 Å². The van der Waals surface area contributed by atoms with Crippen molar-refractivity contribution < 1.29 is 18.9 Å². The van der Waals surface area contributed by atoms with Gasteiger partial charge < -0.3 is 18.9 Å². The Labute approximate surface area is 257 Å². The van der Waals surface area contributed by atoms with E-state index in [0.717, 1.165) is 22.4 Å². The molecule has 0 spiro atoms. The number of para-hydroxylation sites is 1. The quantitative estimate of drug-likeness (QED) is 0.211. The largest absolute Gasteiger partial charge is 0.493 e. The number of nitrogens with zero attached hydrogens (tertiary/aromatic N) is 5. The molecule has 0 aliphatic rings. The summed E-state index contributed by atoms with van der Waals surface area (Å²) in [5.74, 6) is 2.94. The third-order valence-electron chi connectivity index (χ3n) is 6.82. The van der Waals surface area contributed by atoms with Gasteiger partial charge in [-0.25, -0.2) is 4.68 Å². The van der Waals surface area contributed by atoms with Gasteiger partial charge in [0.2, 0.25) is 4.96 Å². The normalized spacial score (nSPS) is 11.9. The second-order valence-corrected chi connectivity index (χ2v) is 10.5. The van der Waals surface area contributed by atoms with Crippen LogP contribution in [0.1, 0.15) is 23.9 Å². The van der Waals surface area contributed by atoms with Gasteiger partial charge in [-0.15, -0.1) is 5.10 Å². The van der Waals surface area contributed by atoms with Gasteiger partial charge in [-0.3, -0.25) is 4.79 Å². The highest BCUT2D eigenvalue weighted by Crippen LogP contribution is 2.34. The summed E-state index contributed by atoms with van der Waals surface area (Å²) in [5.41, 5.74) is 3.77. The van der Waals surface area contributed by atoms with Gasteiger partial charge in [0.15, 0.2) is 28.8 Å². The lowest BCUT2D eigenvalue weighted by atomic mass is 10.1. The van der Waals surface area contributed by atoms with Gasteiger partial charge in [-0.2, -0.15) is 14.6 Å². The van der Waals surface area contributed by atoms with Crippen LogP contribution in [-0.2, 0) is 0 Å². The second kappa shape index (κ2) is 12.4. The molecule has 0 aliphatic heterocycles. The van der Waals surface area contributed by atoms with Crippen molar-refractivity contribution in [2.75, 3.05) is 27.9 Å². The number of thiazole rings is 1. The number of hydrogen-bond acceptors (Lipinski definition) is 9. The van der Waals surface area contributed by atoms with Crippen LogP contribution < -0.4 is 29.0 Å². The van der Waals surface area contributed by atoms with Gasteiger partial charge in [0, 0.05) is 17.3 Å². The highest BCUT2D eigenvalue weighted by molar-refractivity contribution is 7.15. The fraction of sp³-hybridized carbons (Fsp3) is 0.152. The third-order valence-corrected chi connectivity index (χ3v) is 7.78. The van der Waals surface area contributed by atoms with Crippen molar-refractivity contribution in [2.24, 2.45) is 0 Å². The van der Waals surface area contributed by atoms with Crippen LogP contribution >= 0.6 is 11.3 Å². The lowest BCUT2D eigenvalue weighted by molar-refractivity contribution is 0.311. The smallest absolute Gasteiger partial charge is 0.291 e. The number of benzene rings is 3. The number of aromatic nitrogens is 5. The van der Waals surface area contributed by atoms with Crippen molar-refractivity contribution >= 4 is 34.5 Å². The standard InChI is InChI=1S/C33H29N5O5S/c1-5-43-26-14-11-21(17-27(26)41-3)12-16-30-34-33-38(35-30)32(39)29(44-33)19-23-20-37(24-9-7-6-8-10-24)36-31(23)22-13-15-25(40-2)28(18-22)42-4/h6-20H,5H2,1-4H3/b16-12+,29-19-. The maximum Gasteiger partial charge on any atom is 0.291 e. The van der Waals surface area contributed by atoms with E-state index in [-0.39, 0.29) is 5.56 Å². The van der Waals surface area contributed by atoms with Crippen LogP contribution in [0.4, 0.5) is 0 Å². The summed E-state index contributed by atoms with van der Waals surface area (Å²) < 4.78 is 25.6. The lowest BCUT2D eigenvalue weighted by Gasteiger charge is -2.09. The summed E-state index contributed by atoms with van der Waals surface area (Å²) in [5, 5.41) is 9.32. The van der Waals surface area contributed by atoms with Gasteiger partial charge in [0.1, 0.15) is 5.69 Å². The molecule has 6 rings (SSSR count). The van der Waals surface area contributed by atoms with E-state index in [1.54, 1.807) is 32.1 Å². The van der Waals surface area contributed by atoms with Gasteiger partial charge >= 0.3 is 0 Å². The zero-order valence-corrected chi connectivity index (χ0v) is 25.4. The van der Waals surface area contributed by atoms with Crippen molar-refractivity contribution in [2.45, 2.75) is 6.92 Å². The maximum atomic E-state index is 13.4. The molecule has 3 aromatic carbocycles. The van der Waals surface area contributed by atoms with Crippen molar-refractivity contribution in [1.29, 1.82) is 0 Å². The minimum atomic E-state index is -0.259. The Morgan fingerprint density at radius 2 is 1.59 bits per heavy atom. The maximum absolute atomic E-state index is 13.4. The van der Waals surface area contributed by atoms with Crippen LogP contribution in [0.25, 0.3) is 40.1 Å². The summed E-state index contributed by atoms with van der Waals surface area (Å²) in [6.07, 6.45) is 7.35. The van der Waals surface area contributed by atoms with Gasteiger partial charge in [0.25, 0.3) is 5.56 Å². The van der Waals surface area contributed by atoms with E-state index >= 15 is 0 Å². The molecule has 0 amide bonds. The zero-order valence-electron chi connectivity index (χ0n) is 24.6. The molecule has 0 saturated carbocycles. The van der Waals surface area contributed by atoms with Crippen LogP contribution in [0.3, 0.4) is 0 Å². The average molecular weight is 608 g/mol. The van der Waals surface area contributed by atoms with Crippen molar-refractivity contribution in [3.8, 4) is 39.9 Å². The lowest BCUT2D eigenvalue weighted by Crippen LogP contribution is -2.23. The van der Waals surface area contributed by atoms with Crippen LogP contribution in [0.15, 0.2) is 77.7 Å². The van der Waals surface area contributed by atoms with E-state index in [0.29, 0.717) is 50.6 Å². The van der Waals surface area contributed by atoms with E-state index in [1.165, 1.54) is 15.9 Å². The van der Waals surface area contributed by atoms with Gasteiger partial charge in [-0.1, -0.05) is 41.7 Å². The topological polar surface area (TPSA) is 102 Å². The second-order valence-electron chi connectivity index (χ2n) is 9.54. The third kappa shape index (κ3) is 5.64. The molecule has 0 radical (unpaired) electrons. The molecule has 44 heavy (non-hydrogen) atoms. The molecule has 0 bridgehead atoms. The first-order valence-electron chi connectivity index (χ1n) is 13.8. The number of hydrogen-bond donors (Lipinski definition) is 0. The first-order valence-corrected chi connectivity index (χ1v) is 14.6. The molecule has 0 fully saturated rings. The summed E-state index contributed by atoms with van der Waals surface area (Å²) in [4.78, 5) is 18.5. The molecule has 3 heterocycles. The fourth-order valence-corrected chi connectivity index (χ4v) is 5.61.